The molecule has 0 radical (unpaired) electrons. The van der Waals surface area contributed by atoms with Crippen LogP contribution in [-0.2, 0) is 13.2 Å². The lowest BCUT2D eigenvalue weighted by Gasteiger charge is -2.04. The van der Waals surface area contributed by atoms with Crippen molar-refractivity contribution in [3.63, 3.8) is 0 Å². The molecule has 5 heteroatoms. The quantitative estimate of drug-likeness (QED) is 0.692. The topological polar surface area (TPSA) is 75.7 Å². The van der Waals surface area contributed by atoms with E-state index in [-0.39, 0.29) is 17.8 Å². The van der Waals surface area contributed by atoms with Crippen LogP contribution in [0, 0.1) is 10.7 Å². The van der Waals surface area contributed by atoms with Crippen molar-refractivity contribution in [3.05, 3.63) is 34.0 Å². The van der Waals surface area contributed by atoms with E-state index in [1.54, 1.807) is 0 Å². The predicted octanol–water partition coefficient (Wildman–Crippen LogP) is 1.17. The number of halogens is 1. The molecule has 0 spiro atoms. The van der Waals surface area contributed by atoms with Crippen LogP contribution in [0.4, 0.5) is 10.1 Å². The fourth-order valence-electron chi connectivity index (χ4n) is 1.03. The van der Waals surface area contributed by atoms with Crippen LogP contribution in [0.25, 0.3) is 0 Å². The molecule has 0 fully saturated rings. The summed E-state index contributed by atoms with van der Waals surface area (Å²) in [6.45, 7) is -0.327. The SMILES string of the molecule is NCc1cc(CO)c(F)cc1N=O. The van der Waals surface area contributed by atoms with E-state index < -0.39 is 12.4 Å². The van der Waals surface area contributed by atoms with E-state index in [1.165, 1.54) is 6.07 Å². The standard InChI is InChI=1S/C8H9FN2O2/c9-7-2-8(11-13)5(3-10)1-6(7)4-12/h1-2,12H,3-4,10H2. The van der Waals surface area contributed by atoms with Gasteiger partial charge in [-0.15, -0.1) is 4.91 Å². The Morgan fingerprint density at radius 3 is 2.62 bits per heavy atom. The summed E-state index contributed by atoms with van der Waals surface area (Å²) >= 11 is 0. The van der Waals surface area contributed by atoms with Crippen LogP contribution in [0.1, 0.15) is 11.1 Å². The third-order valence-corrected chi connectivity index (χ3v) is 1.74. The number of nitroso groups, excluding NO2 is 1. The van der Waals surface area contributed by atoms with Gasteiger partial charge in [0.15, 0.2) is 0 Å². The van der Waals surface area contributed by atoms with Crippen LogP contribution in [0.2, 0.25) is 0 Å². The number of aliphatic hydroxyl groups is 1. The molecule has 0 saturated heterocycles. The second-order valence-corrected chi connectivity index (χ2v) is 2.53. The smallest absolute Gasteiger partial charge is 0.131 e. The van der Waals surface area contributed by atoms with Gasteiger partial charge in [0.25, 0.3) is 0 Å². The Hall–Kier alpha value is -1.33. The molecule has 0 aliphatic heterocycles. The molecule has 4 nitrogen and oxygen atoms in total. The number of nitrogens with two attached hydrogens (primary N) is 1. The molecule has 70 valence electrons. The molecule has 0 unspecified atom stereocenters. The maximum Gasteiger partial charge on any atom is 0.131 e. The van der Waals surface area contributed by atoms with Crippen molar-refractivity contribution >= 4 is 5.69 Å². The van der Waals surface area contributed by atoms with Gasteiger partial charge in [-0.2, -0.15) is 0 Å². The van der Waals surface area contributed by atoms with Gasteiger partial charge >= 0.3 is 0 Å². The predicted molar refractivity (Wildman–Crippen MR) is 45.7 cm³/mol. The van der Waals surface area contributed by atoms with Crippen molar-refractivity contribution in [2.24, 2.45) is 10.9 Å². The molecular formula is C8H9FN2O2. The summed E-state index contributed by atoms with van der Waals surface area (Å²) in [6.07, 6.45) is 0. The van der Waals surface area contributed by atoms with Crippen LogP contribution in [0.3, 0.4) is 0 Å². The van der Waals surface area contributed by atoms with Gasteiger partial charge in [-0.05, 0) is 16.8 Å². The molecule has 1 rings (SSSR count). The van der Waals surface area contributed by atoms with E-state index in [0.29, 0.717) is 5.56 Å². The van der Waals surface area contributed by atoms with E-state index >= 15 is 0 Å². The van der Waals surface area contributed by atoms with Crippen LogP contribution in [0.15, 0.2) is 17.3 Å². The summed E-state index contributed by atoms with van der Waals surface area (Å²) < 4.78 is 13.0. The van der Waals surface area contributed by atoms with Crippen molar-refractivity contribution < 1.29 is 9.50 Å². The Morgan fingerprint density at radius 1 is 1.46 bits per heavy atom. The molecule has 0 amide bonds. The molecule has 0 heterocycles. The summed E-state index contributed by atoms with van der Waals surface area (Å²) in [5.41, 5.74) is 5.83. The average Bonchev–Trinajstić information content (AvgIpc) is 2.17. The second kappa shape index (κ2) is 4.06. The first-order valence-electron chi connectivity index (χ1n) is 3.68. The van der Waals surface area contributed by atoms with Crippen molar-refractivity contribution in [2.75, 3.05) is 0 Å². The van der Waals surface area contributed by atoms with Gasteiger partial charge in [-0.3, -0.25) is 0 Å². The number of benzene rings is 1. The van der Waals surface area contributed by atoms with Gasteiger partial charge < -0.3 is 10.8 Å². The Bertz CT molecular complexity index is 328. The lowest BCUT2D eigenvalue weighted by atomic mass is 10.1. The minimum absolute atomic E-state index is 0.0165. The minimum atomic E-state index is -0.644. The Labute approximate surface area is 74.2 Å². The van der Waals surface area contributed by atoms with Gasteiger partial charge in [-0.1, -0.05) is 0 Å². The number of hydrogen-bond acceptors (Lipinski definition) is 4. The summed E-state index contributed by atoms with van der Waals surface area (Å²) in [5, 5.41) is 11.3. The molecular weight excluding hydrogens is 175 g/mol. The monoisotopic (exact) mass is 184 g/mol. The maximum atomic E-state index is 13.0. The Morgan fingerprint density at radius 2 is 2.15 bits per heavy atom. The minimum Gasteiger partial charge on any atom is -0.392 e. The molecule has 0 aromatic heterocycles. The van der Waals surface area contributed by atoms with Crippen LogP contribution >= 0.6 is 0 Å². The van der Waals surface area contributed by atoms with E-state index in [9.17, 15) is 9.30 Å². The highest BCUT2D eigenvalue weighted by molar-refractivity contribution is 5.48. The molecule has 0 bridgehead atoms. The molecule has 13 heavy (non-hydrogen) atoms. The first-order chi connectivity index (χ1) is 6.22. The Balaban J connectivity index is 3.26. The molecule has 3 N–H and O–H groups in total. The zero-order chi connectivity index (χ0) is 9.84. The number of hydrogen-bond donors (Lipinski definition) is 2. The highest BCUT2D eigenvalue weighted by Gasteiger charge is 2.08. The summed E-state index contributed by atoms with van der Waals surface area (Å²) in [4.78, 5) is 10.2. The van der Waals surface area contributed by atoms with Crippen molar-refractivity contribution in [2.45, 2.75) is 13.2 Å². The second-order valence-electron chi connectivity index (χ2n) is 2.53. The van der Waals surface area contributed by atoms with Gasteiger partial charge in [0.1, 0.15) is 11.5 Å². The molecule has 0 aliphatic rings. The summed E-state index contributed by atoms with van der Waals surface area (Å²) in [7, 11) is 0. The lowest BCUT2D eigenvalue weighted by Crippen LogP contribution is -2.00. The first kappa shape index (κ1) is 9.76. The number of rotatable bonds is 3. The van der Waals surface area contributed by atoms with Crippen LogP contribution in [0.5, 0.6) is 0 Å². The largest absolute Gasteiger partial charge is 0.392 e. The zero-order valence-electron chi connectivity index (χ0n) is 6.83. The maximum absolute atomic E-state index is 13.0. The van der Waals surface area contributed by atoms with Gasteiger partial charge in [0, 0.05) is 18.2 Å². The first-order valence-corrected chi connectivity index (χ1v) is 3.68. The van der Waals surface area contributed by atoms with Gasteiger partial charge in [0.2, 0.25) is 0 Å². The summed E-state index contributed by atoms with van der Waals surface area (Å²) in [6, 6.07) is 2.31. The fourth-order valence-corrected chi connectivity index (χ4v) is 1.03. The average molecular weight is 184 g/mol. The third-order valence-electron chi connectivity index (χ3n) is 1.74. The van der Waals surface area contributed by atoms with Crippen LogP contribution < -0.4 is 5.73 Å². The number of nitrogens with zero attached hydrogens (tertiary/aromatic N) is 1. The number of aliphatic hydroxyl groups excluding tert-OH is 1. The van der Waals surface area contributed by atoms with Crippen LogP contribution in [-0.4, -0.2) is 5.11 Å². The fraction of sp³-hybridized carbons (Fsp3) is 0.250. The zero-order valence-corrected chi connectivity index (χ0v) is 6.83. The van der Waals surface area contributed by atoms with E-state index in [4.69, 9.17) is 10.8 Å². The van der Waals surface area contributed by atoms with E-state index in [0.717, 1.165) is 6.07 Å². The van der Waals surface area contributed by atoms with E-state index in [1.807, 2.05) is 0 Å². The van der Waals surface area contributed by atoms with Crippen molar-refractivity contribution in [1.29, 1.82) is 0 Å². The highest BCUT2D eigenvalue weighted by atomic mass is 19.1. The third kappa shape index (κ3) is 1.88. The van der Waals surface area contributed by atoms with E-state index in [2.05, 4.69) is 5.18 Å². The highest BCUT2D eigenvalue weighted by Crippen LogP contribution is 2.22. The Kier molecular flexibility index (Phi) is 3.05. The molecule has 0 atom stereocenters. The molecule has 0 aliphatic carbocycles. The normalized spacial score (nSPS) is 10.1. The van der Waals surface area contributed by atoms with Crippen molar-refractivity contribution in [3.8, 4) is 0 Å². The van der Waals surface area contributed by atoms with Gasteiger partial charge in [-0.25, -0.2) is 4.39 Å². The molecule has 1 aromatic rings. The molecule has 0 saturated carbocycles. The van der Waals surface area contributed by atoms with Gasteiger partial charge in [0.05, 0.1) is 6.61 Å². The summed E-state index contributed by atoms with van der Waals surface area (Å²) in [5.74, 6) is -0.644. The van der Waals surface area contributed by atoms with Crippen molar-refractivity contribution in [1.82, 2.24) is 0 Å². The lowest BCUT2D eigenvalue weighted by molar-refractivity contribution is 0.275. The molecule has 1 aromatic carbocycles.